The Morgan fingerprint density at radius 2 is 1.90 bits per heavy atom. The molecular formula is C15H20N4O2. The summed E-state index contributed by atoms with van der Waals surface area (Å²) in [7, 11) is 0. The van der Waals surface area contributed by atoms with Crippen LogP contribution in [0.15, 0.2) is 24.3 Å². The fourth-order valence-electron chi connectivity index (χ4n) is 1.57. The summed E-state index contributed by atoms with van der Waals surface area (Å²) in [6.45, 7) is 5.48. The van der Waals surface area contributed by atoms with Crippen molar-refractivity contribution < 1.29 is 9.59 Å². The number of nitrogens with zero attached hydrogens (tertiary/aromatic N) is 1. The molecule has 0 aliphatic rings. The number of carbonyl (C=O) groups is 2. The summed E-state index contributed by atoms with van der Waals surface area (Å²) in [5, 5.41) is 14.8. The van der Waals surface area contributed by atoms with Crippen LogP contribution in [0.3, 0.4) is 0 Å². The van der Waals surface area contributed by atoms with Gasteiger partial charge >= 0.3 is 0 Å². The Morgan fingerprint density at radius 1 is 1.33 bits per heavy atom. The first kappa shape index (κ1) is 16.5. The number of primary amides is 1. The molecule has 1 unspecified atom stereocenters. The number of nitriles is 1. The highest BCUT2D eigenvalue weighted by Crippen LogP contribution is 2.15. The lowest BCUT2D eigenvalue weighted by Gasteiger charge is -2.27. The quantitative estimate of drug-likeness (QED) is 0.732. The average Bonchev–Trinajstić information content (AvgIpc) is 2.45. The van der Waals surface area contributed by atoms with Crippen LogP contribution in [0.1, 0.15) is 31.1 Å². The van der Waals surface area contributed by atoms with Crippen LogP contribution in [0.2, 0.25) is 0 Å². The van der Waals surface area contributed by atoms with Crippen LogP contribution >= 0.6 is 0 Å². The third-order valence-electron chi connectivity index (χ3n) is 3.41. The van der Waals surface area contributed by atoms with Gasteiger partial charge in [0, 0.05) is 11.3 Å². The minimum absolute atomic E-state index is 0.00120. The Morgan fingerprint density at radius 3 is 2.33 bits per heavy atom. The lowest BCUT2D eigenvalue weighted by Crippen LogP contribution is -2.50. The number of carbonyl (C=O) groups excluding carboxylic acids is 2. The van der Waals surface area contributed by atoms with Gasteiger partial charge in [-0.1, -0.05) is 13.8 Å². The van der Waals surface area contributed by atoms with Crippen LogP contribution < -0.4 is 16.4 Å². The molecule has 0 aliphatic carbocycles. The zero-order valence-electron chi connectivity index (χ0n) is 12.4. The Kier molecular flexibility index (Phi) is 5.30. The molecule has 0 heterocycles. The molecule has 6 nitrogen and oxygen atoms in total. The maximum atomic E-state index is 11.9. The van der Waals surface area contributed by atoms with Crippen molar-refractivity contribution in [2.75, 3.05) is 11.9 Å². The van der Waals surface area contributed by atoms with Gasteiger partial charge in [0.1, 0.15) is 5.54 Å². The lowest BCUT2D eigenvalue weighted by molar-refractivity contribution is -0.121. The second kappa shape index (κ2) is 6.75. The van der Waals surface area contributed by atoms with Gasteiger partial charge in [-0.25, -0.2) is 0 Å². The molecule has 0 saturated carbocycles. The molecule has 0 saturated heterocycles. The SMILES string of the molecule is CC(C)C(C)(C#N)NC(=O)CNc1ccc(C(N)=O)cc1. The van der Waals surface area contributed by atoms with Crippen molar-refractivity contribution in [2.24, 2.45) is 11.7 Å². The van der Waals surface area contributed by atoms with E-state index in [1.54, 1.807) is 31.2 Å². The minimum atomic E-state index is -0.894. The molecule has 4 N–H and O–H groups in total. The number of nitrogens with two attached hydrogens (primary N) is 1. The fourth-order valence-corrected chi connectivity index (χ4v) is 1.57. The van der Waals surface area contributed by atoms with Gasteiger partial charge in [0.2, 0.25) is 11.8 Å². The predicted octanol–water partition coefficient (Wildman–Crippen LogP) is 1.25. The highest BCUT2D eigenvalue weighted by atomic mass is 16.2. The average molecular weight is 288 g/mol. The van der Waals surface area contributed by atoms with E-state index in [2.05, 4.69) is 16.7 Å². The summed E-state index contributed by atoms with van der Waals surface area (Å²) in [5.74, 6) is -0.769. The minimum Gasteiger partial charge on any atom is -0.376 e. The first-order chi connectivity index (χ1) is 9.78. The van der Waals surface area contributed by atoms with Gasteiger partial charge in [0.15, 0.2) is 0 Å². The Labute approximate surface area is 124 Å². The van der Waals surface area contributed by atoms with Crippen molar-refractivity contribution in [3.05, 3.63) is 29.8 Å². The molecule has 6 heteroatoms. The van der Waals surface area contributed by atoms with Gasteiger partial charge in [-0.15, -0.1) is 0 Å². The molecule has 1 aromatic carbocycles. The molecule has 1 rings (SSSR count). The van der Waals surface area contributed by atoms with Gasteiger partial charge in [0.05, 0.1) is 12.6 Å². The van der Waals surface area contributed by atoms with Crippen molar-refractivity contribution in [3.8, 4) is 6.07 Å². The van der Waals surface area contributed by atoms with E-state index in [4.69, 9.17) is 11.0 Å². The van der Waals surface area contributed by atoms with E-state index >= 15 is 0 Å². The van der Waals surface area contributed by atoms with Crippen molar-refractivity contribution >= 4 is 17.5 Å². The molecule has 1 aromatic rings. The van der Waals surface area contributed by atoms with Crippen molar-refractivity contribution in [2.45, 2.75) is 26.3 Å². The summed E-state index contributed by atoms with van der Waals surface area (Å²) in [6, 6.07) is 8.61. The van der Waals surface area contributed by atoms with E-state index in [-0.39, 0.29) is 18.4 Å². The molecule has 0 spiro atoms. The van der Waals surface area contributed by atoms with Crippen LogP contribution in [0.5, 0.6) is 0 Å². The number of rotatable bonds is 6. The van der Waals surface area contributed by atoms with E-state index in [1.807, 2.05) is 13.8 Å². The van der Waals surface area contributed by atoms with E-state index in [0.29, 0.717) is 11.3 Å². The predicted molar refractivity (Wildman–Crippen MR) is 80.4 cm³/mol. The normalized spacial score (nSPS) is 13.1. The number of hydrogen-bond donors (Lipinski definition) is 3. The van der Waals surface area contributed by atoms with E-state index < -0.39 is 11.4 Å². The lowest BCUT2D eigenvalue weighted by atomic mass is 9.90. The zero-order valence-corrected chi connectivity index (χ0v) is 12.4. The van der Waals surface area contributed by atoms with Crippen LogP contribution in [0.25, 0.3) is 0 Å². The van der Waals surface area contributed by atoms with E-state index in [0.717, 1.165) is 0 Å². The molecule has 21 heavy (non-hydrogen) atoms. The van der Waals surface area contributed by atoms with Gasteiger partial charge in [-0.05, 0) is 37.1 Å². The Bertz CT molecular complexity index is 560. The molecule has 2 amide bonds. The molecular weight excluding hydrogens is 268 g/mol. The smallest absolute Gasteiger partial charge is 0.248 e. The molecule has 0 radical (unpaired) electrons. The molecule has 0 fully saturated rings. The maximum Gasteiger partial charge on any atom is 0.248 e. The van der Waals surface area contributed by atoms with Crippen LogP contribution in [0.4, 0.5) is 5.69 Å². The van der Waals surface area contributed by atoms with Gasteiger partial charge in [0.25, 0.3) is 0 Å². The van der Waals surface area contributed by atoms with Gasteiger partial charge in [-0.3, -0.25) is 9.59 Å². The van der Waals surface area contributed by atoms with Crippen molar-refractivity contribution in [1.29, 1.82) is 5.26 Å². The highest BCUT2D eigenvalue weighted by Gasteiger charge is 2.29. The van der Waals surface area contributed by atoms with Crippen LogP contribution in [0, 0.1) is 17.2 Å². The van der Waals surface area contributed by atoms with Crippen molar-refractivity contribution in [1.82, 2.24) is 5.32 Å². The summed E-state index contributed by atoms with van der Waals surface area (Å²) in [4.78, 5) is 22.8. The number of hydrogen-bond acceptors (Lipinski definition) is 4. The first-order valence-electron chi connectivity index (χ1n) is 6.64. The fraction of sp³-hybridized carbons (Fsp3) is 0.400. The highest BCUT2D eigenvalue weighted by molar-refractivity contribution is 5.93. The van der Waals surface area contributed by atoms with Crippen LogP contribution in [-0.2, 0) is 4.79 Å². The molecule has 0 bridgehead atoms. The molecule has 112 valence electrons. The summed E-state index contributed by atoms with van der Waals surface area (Å²) < 4.78 is 0. The Hall–Kier alpha value is -2.55. The topological polar surface area (TPSA) is 108 Å². The standard InChI is InChI=1S/C15H20N4O2/c1-10(2)15(3,9-16)19-13(20)8-18-12-6-4-11(5-7-12)14(17)21/h4-7,10,18H,8H2,1-3H3,(H2,17,21)(H,19,20). The molecule has 0 aliphatic heterocycles. The molecule has 1 atom stereocenters. The number of nitrogens with one attached hydrogen (secondary N) is 2. The first-order valence-corrected chi connectivity index (χ1v) is 6.64. The van der Waals surface area contributed by atoms with E-state index in [9.17, 15) is 9.59 Å². The summed E-state index contributed by atoms with van der Waals surface area (Å²) in [5.41, 5.74) is 5.35. The number of amides is 2. The number of anilines is 1. The molecule has 0 aromatic heterocycles. The second-order valence-corrected chi connectivity index (χ2v) is 5.31. The summed E-state index contributed by atoms with van der Waals surface area (Å²) in [6.07, 6.45) is 0. The Balaban J connectivity index is 2.57. The van der Waals surface area contributed by atoms with Gasteiger partial charge in [-0.2, -0.15) is 5.26 Å². The third kappa shape index (κ3) is 4.49. The monoisotopic (exact) mass is 288 g/mol. The van der Waals surface area contributed by atoms with Gasteiger partial charge < -0.3 is 16.4 Å². The maximum absolute atomic E-state index is 11.9. The second-order valence-electron chi connectivity index (χ2n) is 5.31. The third-order valence-corrected chi connectivity index (χ3v) is 3.41. The van der Waals surface area contributed by atoms with E-state index in [1.165, 1.54) is 0 Å². The number of benzene rings is 1. The van der Waals surface area contributed by atoms with Crippen LogP contribution in [-0.4, -0.2) is 23.9 Å². The largest absolute Gasteiger partial charge is 0.376 e. The van der Waals surface area contributed by atoms with Crippen molar-refractivity contribution in [3.63, 3.8) is 0 Å². The summed E-state index contributed by atoms with van der Waals surface area (Å²) >= 11 is 0. The zero-order chi connectivity index (χ0) is 16.0.